The highest BCUT2D eigenvalue weighted by Crippen LogP contribution is 2.20. The second-order valence-electron chi connectivity index (χ2n) is 5.50. The molecule has 1 unspecified atom stereocenters. The maximum Gasteiger partial charge on any atom is 0.0340 e. The van der Waals surface area contributed by atoms with Crippen LogP contribution in [0.25, 0.3) is 0 Å². The van der Waals surface area contributed by atoms with Crippen LogP contribution >= 0.6 is 0 Å². The number of hydrogen-bond acceptors (Lipinski definition) is 2. The van der Waals surface area contributed by atoms with Crippen molar-refractivity contribution in [3.63, 3.8) is 0 Å². The number of hydrogen-bond donors (Lipinski definition) is 1. The summed E-state index contributed by atoms with van der Waals surface area (Å²) in [5.41, 5.74) is 2.64. The van der Waals surface area contributed by atoms with Crippen LogP contribution in [0, 0.1) is 0 Å². The second kappa shape index (κ2) is 6.58. The Balaban J connectivity index is 1.56. The van der Waals surface area contributed by atoms with Crippen LogP contribution in [0.1, 0.15) is 18.4 Å². The average molecular weight is 266 g/mol. The third-order valence-electron chi connectivity index (χ3n) is 4.04. The van der Waals surface area contributed by atoms with Crippen molar-refractivity contribution in [2.24, 2.45) is 0 Å². The van der Waals surface area contributed by atoms with E-state index in [1.54, 1.807) is 0 Å². The topological polar surface area (TPSA) is 15.3 Å². The van der Waals surface area contributed by atoms with Gasteiger partial charge >= 0.3 is 0 Å². The molecule has 2 aromatic carbocycles. The van der Waals surface area contributed by atoms with Crippen LogP contribution in [-0.4, -0.2) is 24.0 Å². The van der Waals surface area contributed by atoms with Gasteiger partial charge in [0.05, 0.1) is 0 Å². The van der Waals surface area contributed by atoms with E-state index in [0.29, 0.717) is 6.04 Å². The van der Waals surface area contributed by atoms with Crippen molar-refractivity contribution in [2.45, 2.75) is 25.4 Å². The molecule has 0 saturated carbocycles. The van der Waals surface area contributed by atoms with E-state index < -0.39 is 0 Å². The first-order valence-electron chi connectivity index (χ1n) is 7.49. The summed E-state index contributed by atoms with van der Waals surface area (Å²) in [6.07, 6.45) is 2.61. The molecule has 3 rings (SSSR count). The number of likely N-dealkylation sites (tertiary alicyclic amines) is 1. The van der Waals surface area contributed by atoms with Crippen molar-refractivity contribution in [3.8, 4) is 0 Å². The van der Waals surface area contributed by atoms with E-state index in [0.717, 1.165) is 13.1 Å². The Morgan fingerprint density at radius 3 is 2.40 bits per heavy atom. The summed E-state index contributed by atoms with van der Waals surface area (Å²) in [5, 5.41) is 3.56. The summed E-state index contributed by atoms with van der Waals surface area (Å²) < 4.78 is 0. The first-order valence-corrected chi connectivity index (χ1v) is 7.49. The van der Waals surface area contributed by atoms with Crippen LogP contribution < -0.4 is 5.32 Å². The second-order valence-corrected chi connectivity index (χ2v) is 5.50. The zero-order chi connectivity index (χ0) is 13.6. The molecule has 0 amide bonds. The molecule has 20 heavy (non-hydrogen) atoms. The lowest BCUT2D eigenvalue weighted by Crippen LogP contribution is -2.34. The van der Waals surface area contributed by atoms with Crippen molar-refractivity contribution in [1.82, 2.24) is 4.90 Å². The van der Waals surface area contributed by atoms with Crippen molar-refractivity contribution >= 4 is 5.69 Å². The molecule has 0 spiro atoms. The van der Waals surface area contributed by atoms with Gasteiger partial charge in [0.25, 0.3) is 0 Å². The van der Waals surface area contributed by atoms with E-state index in [-0.39, 0.29) is 0 Å². The van der Waals surface area contributed by atoms with E-state index in [1.807, 2.05) is 0 Å². The fourth-order valence-corrected chi connectivity index (χ4v) is 2.94. The van der Waals surface area contributed by atoms with Crippen molar-refractivity contribution in [1.29, 1.82) is 0 Å². The molecule has 2 nitrogen and oxygen atoms in total. The van der Waals surface area contributed by atoms with Gasteiger partial charge in [-0.1, -0.05) is 48.5 Å². The molecular weight excluding hydrogens is 244 g/mol. The number of anilines is 1. The van der Waals surface area contributed by atoms with Crippen LogP contribution in [0.3, 0.4) is 0 Å². The molecule has 0 aromatic heterocycles. The summed E-state index contributed by atoms with van der Waals surface area (Å²) in [6.45, 7) is 3.33. The van der Waals surface area contributed by atoms with Gasteiger partial charge in [0.2, 0.25) is 0 Å². The molecule has 1 N–H and O–H groups in total. The molecule has 0 bridgehead atoms. The molecule has 2 aromatic rings. The van der Waals surface area contributed by atoms with Gasteiger partial charge in [-0.15, -0.1) is 0 Å². The minimum Gasteiger partial charge on any atom is -0.383 e. The summed E-state index contributed by atoms with van der Waals surface area (Å²) in [6, 6.07) is 21.9. The number of nitrogens with one attached hydrogen (secondary N) is 1. The SMILES string of the molecule is c1ccc(CN2CCCC2CNc2ccccc2)cc1. The highest BCUT2D eigenvalue weighted by molar-refractivity contribution is 5.42. The monoisotopic (exact) mass is 266 g/mol. The normalized spacial score (nSPS) is 19.1. The smallest absolute Gasteiger partial charge is 0.0340 e. The van der Waals surface area contributed by atoms with Gasteiger partial charge in [-0.25, -0.2) is 0 Å². The Hall–Kier alpha value is -1.80. The fraction of sp³-hybridized carbons (Fsp3) is 0.333. The van der Waals surface area contributed by atoms with Gasteiger partial charge in [0, 0.05) is 24.8 Å². The van der Waals surface area contributed by atoms with Crippen molar-refractivity contribution in [3.05, 3.63) is 66.2 Å². The van der Waals surface area contributed by atoms with Crippen LogP contribution in [0.15, 0.2) is 60.7 Å². The molecule has 1 atom stereocenters. The molecule has 0 radical (unpaired) electrons. The minimum atomic E-state index is 0.649. The first-order chi connectivity index (χ1) is 9.92. The Kier molecular flexibility index (Phi) is 4.34. The van der Waals surface area contributed by atoms with Crippen molar-refractivity contribution in [2.75, 3.05) is 18.4 Å². The third kappa shape index (κ3) is 3.40. The summed E-state index contributed by atoms with van der Waals surface area (Å²) in [4.78, 5) is 2.60. The molecule has 1 aliphatic rings. The number of rotatable bonds is 5. The number of para-hydroxylation sites is 1. The highest BCUT2D eigenvalue weighted by Gasteiger charge is 2.23. The lowest BCUT2D eigenvalue weighted by atomic mass is 10.1. The van der Waals surface area contributed by atoms with Crippen LogP contribution in [0.2, 0.25) is 0 Å². The van der Waals surface area contributed by atoms with E-state index >= 15 is 0 Å². The highest BCUT2D eigenvalue weighted by atomic mass is 15.2. The van der Waals surface area contributed by atoms with Crippen LogP contribution in [0.4, 0.5) is 5.69 Å². The Morgan fingerprint density at radius 2 is 1.65 bits per heavy atom. The molecule has 1 fully saturated rings. The minimum absolute atomic E-state index is 0.649. The quantitative estimate of drug-likeness (QED) is 0.886. The molecule has 1 heterocycles. The molecule has 0 aliphatic carbocycles. The van der Waals surface area contributed by atoms with Gasteiger partial charge < -0.3 is 5.32 Å². The van der Waals surface area contributed by atoms with Gasteiger partial charge in [0.15, 0.2) is 0 Å². The van der Waals surface area contributed by atoms with Crippen molar-refractivity contribution < 1.29 is 0 Å². The maximum absolute atomic E-state index is 3.56. The molecule has 1 aliphatic heterocycles. The predicted molar refractivity (Wildman–Crippen MR) is 84.8 cm³/mol. The molecular formula is C18H22N2. The molecule has 104 valence electrons. The number of nitrogens with zero attached hydrogens (tertiary/aromatic N) is 1. The fourth-order valence-electron chi connectivity index (χ4n) is 2.94. The van der Waals surface area contributed by atoms with Gasteiger partial charge in [0.1, 0.15) is 0 Å². The Labute approximate surface area is 121 Å². The predicted octanol–water partition coefficient (Wildman–Crippen LogP) is 3.76. The van der Waals surface area contributed by atoms with E-state index in [1.165, 1.54) is 30.6 Å². The number of benzene rings is 2. The van der Waals surface area contributed by atoms with Gasteiger partial charge in [-0.2, -0.15) is 0 Å². The average Bonchev–Trinajstić information content (AvgIpc) is 2.94. The zero-order valence-corrected chi connectivity index (χ0v) is 11.8. The Bertz CT molecular complexity index is 509. The lowest BCUT2D eigenvalue weighted by molar-refractivity contribution is 0.254. The van der Waals surface area contributed by atoms with Gasteiger partial charge in [-0.05, 0) is 37.1 Å². The summed E-state index contributed by atoms with van der Waals surface area (Å²) in [5.74, 6) is 0. The summed E-state index contributed by atoms with van der Waals surface area (Å²) in [7, 11) is 0. The third-order valence-corrected chi connectivity index (χ3v) is 4.04. The van der Waals surface area contributed by atoms with Crippen LogP contribution in [-0.2, 0) is 6.54 Å². The first kappa shape index (κ1) is 13.2. The summed E-state index contributed by atoms with van der Waals surface area (Å²) >= 11 is 0. The zero-order valence-electron chi connectivity index (χ0n) is 11.8. The molecule has 1 saturated heterocycles. The standard InChI is InChI=1S/C18H22N2/c1-3-8-16(9-4-1)15-20-13-7-12-18(20)14-19-17-10-5-2-6-11-17/h1-6,8-11,18-19H,7,12-15H2. The van der Waals surface area contributed by atoms with E-state index in [2.05, 4.69) is 70.9 Å². The van der Waals surface area contributed by atoms with Crippen LogP contribution in [0.5, 0.6) is 0 Å². The molecule has 2 heteroatoms. The largest absolute Gasteiger partial charge is 0.383 e. The van der Waals surface area contributed by atoms with E-state index in [9.17, 15) is 0 Å². The maximum atomic E-state index is 3.56. The van der Waals surface area contributed by atoms with E-state index in [4.69, 9.17) is 0 Å². The lowest BCUT2D eigenvalue weighted by Gasteiger charge is -2.25. The van der Waals surface area contributed by atoms with Gasteiger partial charge in [-0.3, -0.25) is 4.90 Å². The Morgan fingerprint density at radius 1 is 0.950 bits per heavy atom.